The van der Waals surface area contributed by atoms with Crippen molar-refractivity contribution in [2.75, 3.05) is 5.73 Å². The Hall–Kier alpha value is -1.07. The maximum Gasteiger partial charge on any atom is 0.203 e. The van der Waals surface area contributed by atoms with Gasteiger partial charge in [0.2, 0.25) is 5.13 Å². The molecule has 5 heteroatoms. The van der Waals surface area contributed by atoms with Crippen LogP contribution in [0.15, 0.2) is 29.2 Å². The molecule has 0 atom stereocenters. The number of aromatic nitrogens is 2. The number of rotatable bonds is 3. The van der Waals surface area contributed by atoms with Crippen molar-refractivity contribution in [1.82, 2.24) is 10.2 Å². The summed E-state index contributed by atoms with van der Waals surface area (Å²) < 4.78 is 0. The number of nitrogens with zero attached hydrogens (tertiary/aromatic N) is 2. The summed E-state index contributed by atoms with van der Waals surface area (Å²) in [6.07, 6.45) is 0. The lowest BCUT2D eigenvalue weighted by Gasteiger charge is -2.18. The Labute approximate surface area is 116 Å². The molecule has 0 amide bonds. The molecule has 0 bridgehead atoms. The van der Waals surface area contributed by atoms with Gasteiger partial charge in [-0.2, -0.15) is 0 Å². The van der Waals surface area contributed by atoms with E-state index in [1.54, 1.807) is 11.8 Å². The predicted molar refractivity (Wildman–Crippen MR) is 79.0 cm³/mol. The van der Waals surface area contributed by atoms with E-state index in [-0.39, 0.29) is 5.41 Å². The standard InChI is InChI=1S/C13H17N3S2/c1-13(2,3)9-4-6-10(7-5-9)17-8-11-15-16-12(14)18-11/h4-7H,8H2,1-3H3,(H2,14,16). The summed E-state index contributed by atoms with van der Waals surface area (Å²) >= 11 is 3.21. The second kappa shape index (κ2) is 5.28. The van der Waals surface area contributed by atoms with E-state index in [1.165, 1.54) is 21.8 Å². The third-order valence-electron chi connectivity index (χ3n) is 2.57. The molecule has 0 unspecified atom stereocenters. The second-order valence-electron chi connectivity index (χ2n) is 5.10. The number of benzene rings is 1. The van der Waals surface area contributed by atoms with E-state index in [1.807, 2.05) is 0 Å². The average Bonchev–Trinajstić information content (AvgIpc) is 2.72. The van der Waals surface area contributed by atoms with Crippen LogP contribution in [0.25, 0.3) is 0 Å². The molecular weight excluding hydrogens is 262 g/mol. The molecule has 0 saturated carbocycles. The Balaban J connectivity index is 1.98. The zero-order valence-corrected chi connectivity index (χ0v) is 12.4. The zero-order chi connectivity index (χ0) is 13.2. The minimum absolute atomic E-state index is 0.205. The fourth-order valence-electron chi connectivity index (χ4n) is 1.52. The van der Waals surface area contributed by atoms with Crippen LogP contribution in [0.5, 0.6) is 0 Å². The molecule has 1 aromatic carbocycles. The van der Waals surface area contributed by atoms with E-state index in [4.69, 9.17) is 5.73 Å². The van der Waals surface area contributed by atoms with E-state index in [2.05, 4.69) is 55.2 Å². The van der Waals surface area contributed by atoms with Crippen molar-refractivity contribution in [3.63, 3.8) is 0 Å². The van der Waals surface area contributed by atoms with Gasteiger partial charge in [0.05, 0.1) is 5.75 Å². The van der Waals surface area contributed by atoms with Crippen LogP contribution in [-0.4, -0.2) is 10.2 Å². The number of nitrogen functional groups attached to an aromatic ring is 1. The van der Waals surface area contributed by atoms with Gasteiger partial charge < -0.3 is 5.73 Å². The summed E-state index contributed by atoms with van der Waals surface area (Å²) in [5, 5.41) is 9.32. The summed E-state index contributed by atoms with van der Waals surface area (Å²) in [4.78, 5) is 1.25. The van der Waals surface area contributed by atoms with Gasteiger partial charge in [0.1, 0.15) is 5.01 Å². The van der Waals surface area contributed by atoms with Crippen molar-refractivity contribution in [1.29, 1.82) is 0 Å². The molecular formula is C13H17N3S2. The molecule has 2 N–H and O–H groups in total. The lowest BCUT2D eigenvalue weighted by molar-refractivity contribution is 0.590. The van der Waals surface area contributed by atoms with E-state index in [0.29, 0.717) is 5.13 Å². The van der Waals surface area contributed by atoms with Gasteiger partial charge in [-0.15, -0.1) is 22.0 Å². The summed E-state index contributed by atoms with van der Waals surface area (Å²) in [6, 6.07) is 8.71. The van der Waals surface area contributed by atoms with Crippen molar-refractivity contribution in [3.8, 4) is 0 Å². The fraction of sp³-hybridized carbons (Fsp3) is 0.385. The normalized spacial score (nSPS) is 11.7. The minimum Gasteiger partial charge on any atom is -0.374 e. The smallest absolute Gasteiger partial charge is 0.203 e. The summed E-state index contributed by atoms with van der Waals surface area (Å²) in [5.41, 5.74) is 7.11. The summed E-state index contributed by atoms with van der Waals surface area (Å²) in [6.45, 7) is 6.66. The van der Waals surface area contributed by atoms with Gasteiger partial charge in [-0.25, -0.2) is 0 Å². The lowest BCUT2D eigenvalue weighted by atomic mass is 9.87. The molecule has 3 nitrogen and oxygen atoms in total. The van der Waals surface area contributed by atoms with E-state index >= 15 is 0 Å². The van der Waals surface area contributed by atoms with E-state index < -0.39 is 0 Å². The molecule has 1 heterocycles. The van der Waals surface area contributed by atoms with Gasteiger partial charge in [0, 0.05) is 4.90 Å². The highest BCUT2D eigenvalue weighted by molar-refractivity contribution is 7.98. The third kappa shape index (κ3) is 3.46. The molecule has 2 rings (SSSR count). The van der Waals surface area contributed by atoms with Crippen LogP contribution < -0.4 is 5.73 Å². The maximum absolute atomic E-state index is 5.55. The number of hydrogen-bond donors (Lipinski definition) is 1. The highest BCUT2D eigenvalue weighted by atomic mass is 32.2. The van der Waals surface area contributed by atoms with Crippen LogP contribution in [0.2, 0.25) is 0 Å². The number of anilines is 1. The van der Waals surface area contributed by atoms with E-state index in [9.17, 15) is 0 Å². The number of hydrogen-bond acceptors (Lipinski definition) is 5. The molecule has 0 aliphatic rings. The topological polar surface area (TPSA) is 51.8 Å². The van der Waals surface area contributed by atoms with Crippen LogP contribution >= 0.6 is 23.1 Å². The Bertz CT molecular complexity index is 512. The Morgan fingerprint density at radius 1 is 1.17 bits per heavy atom. The van der Waals surface area contributed by atoms with Crippen LogP contribution in [0, 0.1) is 0 Å². The molecule has 2 aromatic rings. The quantitative estimate of drug-likeness (QED) is 0.870. The first-order chi connectivity index (χ1) is 8.45. The lowest BCUT2D eigenvalue weighted by Crippen LogP contribution is -2.10. The molecule has 0 fully saturated rings. The molecule has 96 valence electrons. The van der Waals surface area contributed by atoms with Gasteiger partial charge in [0.15, 0.2) is 0 Å². The van der Waals surface area contributed by atoms with Crippen molar-refractivity contribution < 1.29 is 0 Å². The SMILES string of the molecule is CC(C)(C)c1ccc(SCc2nnc(N)s2)cc1. The largest absolute Gasteiger partial charge is 0.374 e. The minimum atomic E-state index is 0.205. The Kier molecular flexibility index (Phi) is 3.92. The van der Waals surface area contributed by atoms with Gasteiger partial charge in [-0.1, -0.05) is 44.2 Å². The van der Waals surface area contributed by atoms with Crippen LogP contribution in [0.4, 0.5) is 5.13 Å². The van der Waals surface area contributed by atoms with Crippen molar-refractivity contribution in [2.45, 2.75) is 36.8 Å². The van der Waals surface area contributed by atoms with Crippen molar-refractivity contribution in [3.05, 3.63) is 34.8 Å². The maximum atomic E-state index is 5.55. The Morgan fingerprint density at radius 2 is 1.83 bits per heavy atom. The fourth-order valence-corrected chi connectivity index (χ4v) is 3.01. The first kappa shape index (κ1) is 13.4. The molecule has 18 heavy (non-hydrogen) atoms. The number of nitrogens with two attached hydrogens (primary N) is 1. The van der Waals surface area contributed by atoms with Crippen LogP contribution in [0.1, 0.15) is 31.3 Å². The molecule has 0 saturated heterocycles. The molecule has 0 aliphatic heterocycles. The van der Waals surface area contributed by atoms with Gasteiger partial charge in [0.25, 0.3) is 0 Å². The molecule has 0 spiro atoms. The zero-order valence-electron chi connectivity index (χ0n) is 10.8. The van der Waals surface area contributed by atoms with Gasteiger partial charge in [-0.3, -0.25) is 0 Å². The predicted octanol–water partition coefficient (Wildman–Crippen LogP) is 3.71. The first-order valence-electron chi connectivity index (χ1n) is 5.76. The van der Waals surface area contributed by atoms with Crippen molar-refractivity contribution >= 4 is 28.2 Å². The van der Waals surface area contributed by atoms with Crippen molar-refractivity contribution in [2.24, 2.45) is 0 Å². The molecule has 1 aromatic heterocycles. The third-order valence-corrected chi connectivity index (χ3v) is 4.52. The van der Waals surface area contributed by atoms with Crippen LogP contribution in [-0.2, 0) is 11.2 Å². The average molecular weight is 279 g/mol. The summed E-state index contributed by atoms with van der Waals surface area (Å²) in [5.74, 6) is 0.823. The Morgan fingerprint density at radius 3 is 2.33 bits per heavy atom. The van der Waals surface area contributed by atoms with Gasteiger partial charge >= 0.3 is 0 Å². The van der Waals surface area contributed by atoms with Gasteiger partial charge in [-0.05, 0) is 23.1 Å². The second-order valence-corrected chi connectivity index (χ2v) is 7.24. The summed E-state index contributed by atoms with van der Waals surface area (Å²) in [7, 11) is 0. The monoisotopic (exact) mass is 279 g/mol. The first-order valence-corrected chi connectivity index (χ1v) is 7.56. The molecule has 0 aliphatic carbocycles. The van der Waals surface area contributed by atoms with E-state index in [0.717, 1.165) is 10.8 Å². The highest BCUT2D eigenvalue weighted by Gasteiger charge is 2.12. The molecule has 0 radical (unpaired) electrons. The highest BCUT2D eigenvalue weighted by Crippen LogP contribution is 2.28. The van der Waals surface area contributed by atoms with Crippen LogP contribution in [0.3, 0.4) is 0 Å². The number of thioether (sulfide) groups is 1.